The van der Waals surface area contributed by atoms with Crippen molar-refractivity contribution in [2.45, 2.75) is 46.3 Å². The number of benzene rings is 2. The van der Waals surface area contributed by atoms with Gasteiger partial charge < -0.3 is 5.11 Å². The van der Waals surface area contributed by atoms with E-state index in [2.05, 4.69) is 56.0 Å². The van der Waals surface area contributed by atoms with Crippen molar-refractivity contribution >= 4 is 0 Å². The van der Waals surface area contributed by atoms with Gasteiger partial charge >= 0.3 is 0 Å². The summed E-state index contributed by atoms with van der Waals surface area (Å²) in [4.78, 5) is 2.37. The predicted molar refractivity (Wildman–Crippen MR) is 97.6 cm³/mol. The molecule has 1 unspecified atom stereocenters. The van der Waals surface area contributed by atoms with Crippen molar-refractivity contribution < 1.29 is 5.11 Å². The van der Waals surface area contributed by atoms with Crippen LogP contribution in [0.4, 0.5) is 0 Å². The minimum Gasteiger partial charge on any atom is -0.391 e. The summed E-state index contributed by atoms with van der Waals surface area (Å²) in [6.07, 6.45) is 1.49. The molecule has 2 nitrogen and oxygen atoms in total. The third-order valence-corrected chi connectivity index (χ3v) is 4.22. The number of aliphatic hydroxyl groups is 1. The van der Waals surface area contributed by atoms with Crippen molar-refractivity contribution in [2.24, 2.45) is 0 Å². The molecule has 2 aromatic rings. The Morgan fingerprint density at radius 3 is 2.48 bits per heavy atom. The molecular formula is C21H29NO. The Morgan fingerprint density at radius 2 is 1.78 bits per heavy atom. The van der Waals surface area contributed by atoms with Gasteiger partial charge in [0.25, 0.3) is 0 Å². The molecule has 0 amide bonds. The Morgan fingerprint density at radius 1 is 1.04 bits per heavy atom. The van der Waals surface area contributed by atoms with E-state index < -0.39 is 0 Å². The highest BCUT2D eigenvalue weighted by Gasteiger charge is 2.13. The molecule has 124 valence electrons. The fraction of sp³-hybridized carbons (Fsp3) is 0.429. The Bertz CT molecular complexity index is 594. The van der Waals surface area contributed by atoms with Crippen LogP contribution in [0.1, 0.15) is 35.6 Å². The lowest BCUT2D eigenvalue weighted by Crippen LogP contribution is -2.34. The van der Waals surface area contributed by atoms with Gasteiger partial charge in [-0.1, -0.05) is 61.0 Å². The molecule has 0 fully saturated rings. The summed E-state index contributed by atoms with van der Waals surface area (Å²) in [6, 6.07) is 16.9. The largest absolute Gasteiger partial charge is 0.391 e. The highest BCUT2D eigenvalue weighted by molar-refractivity contribution is 5.30. The Hall–Kier alpha value is -1.64. The van der Waals surface area contributed by atoms with E-state index in [-0.39, 0.29) is 6.10 Å². The van der Waals surface area contributed by atoms with E-state index in [1.165, 1.54) is 22.3 Å². The second-order valence-corrected chi connectivity index (χ2v) is 6.51. The number of aryl methyl sites for hydroxylation is 2. The molecule has 2 rings (SSSR count). The van der Waals surface area contributed by atoms with Crippen molar-refractivity contribution in [3.8, 4) is 0 Å². The third kappa shape index (κ3) is 5.81. The minimum atomic E-state index is -0.325. The van der Waals surface area contributed by atoms with Crippen LogP contribution in [0.5, 0.6) is 0 Å². The smallest absolute Gasteiger partial charge is 0.0707 e. The number of hydrogen-bond donors (Lipinski definition) is 1. The molecular weight excluding hydrogens is 282 g/mol. The Labute approximate surface area is 140 Å². The van der Waals surface area contributed by atoms with Gasteiger partial charge in [0, 0.05) is 13.1 Å². The number of nitrogens with zero attached hydrogens (tertiary/aromatic N) is 1. The van der Waals surface area contributed by atoms with Gasteiger partial charge in [-0.05, 0) is 49.9 Å². The Kier molecular flexibility index (Phi) is 6.82. The maximum Gasteiger partial charge on any atom is 0.0707 e. The second kappa shape index (κ2) is 8.85. The van der Waals surface area contributed by atoms with E-state index in [9.17, 15) is 5.11 Å². The average molecular weight is 311 g/mol. The molecule has 0 aliphatic heterocycles. The predicted octanol–water partition coefficient (Wildman–Crippen LogP) is 4.12. The maximum atomic E-state index is 10.5. The van der Waals surface area contributed by atoms with Gasteiger partial charge in [-0.25, -0.2) is 0 Å². The summed E-state index contributed by atoms with van der Waals surface area (Å²) in [5, 5.41) is 10.5. The molecule has 1 N–H and O–H groups in total. The SMILES string of the molecule is CCCN(Cc1cc(C)ccc1C)CC(O)Cc1ccccc1. The molecule has 0 heterocycles. The summed E-state index contributed by atoms with van der Waals surface area (Å²) in [5.41, 5.74) is 5.19. The van der Waals surface area contributed by atoms with Gasteiger partial charge in [0.2, 0.25) is 0 Å². The lowest BCUT2D eigenvalue weighted by molar-refractivity contribution is 0.108. The summed E-state index contributed by atoms with van der Waals surface area (Å²) in [6.45, 7) is 9.14. The van der Waals surface area contributed by atoms with Crippen LogP contribution in [0.25, 0.3) is 0 Å². The van der Waals surface area contributed by atoms with Gasteiger partial charge in [0.15, 0.2) is 0 Å². The molecule has 1 atom stereocenters. The zero-order valence-corrected chi connectivity index (χ0v) is 14.6. The highest BCUT2D eigenvalue weighted by Crippen LogP contribution is 2.14. The van der Waals surface area contributed by atoms with Crippen LogP contribution < -0.4 is 0 Å². The van der Waals surface area contributed by atoms with Gasteiger partial charge in [-0.15, -0.1) is 0 Å². The van der Waals surface area contributed by atoms with Gasteiger partial charge in [-0.3, -0.25) is 4.90 Å². The summed E-state index contributed by atoms with van der Waals surface area (Å²) in [5.74, 6) is 0. The highest BCUT2D eigenvalue weighted by atomic mass is 16.3. The van der Waals surface area contributed by atoms with Crippen molar-refractivity contribution in [3.05, 3.63) is 70.8 Å². The van der Waals surface area contributed by atoms with E-state index in [0.717, 1.165) is 26.1 Å². The van der Waals surface area contributed by atoms with Crippen LogP contribution in [0.2, 0.25) is 0 Å². The van der Waals surface area contributed by atoms with E-state index in [4.69, 9.17) is 0 Å². The lowest BCUT2D eigenvalue weighted by Gasteiger charge is -2.25. The molecule has 0 aromatic heterocycles. The van der Waals surface area contributed by atoms with Gasteiger partial charge in [0.1, 0.15) is 0 Å². The first-order valence-corrected chi connectivity index (χ1v) is 8.59. The van der Waals surface area contributed by atoms with Crippen molar-refractivity contribution in [1.29, 1.82) is 0 Å². The van der Waals surface area contributed by atoms with E-state index in [1.54, 1.807) is 0 Å². The summed E-state index contributed by atoms with van der Waals surface area (Å²) in [7, 11) is 0. The van der Waals surface area contributed by atoms with Crippen molar-refractivity contribution in [3.63, 3.8) is 0 Å². The third-order valence-electron chi connectivity index (χ3n) is 4.22. The zero-order chi connectivity index (χ0) is 16.7. The molecule has 0 aliphatic carbocycles. The van der Waals surface area contributed by atoms with E-state index >= 15 is 0 Å². The number of rotatable bonds is 8. The molecule has 23 heavy (non-hydrogen) atoms. The van der Waals surface area contributed by atoms with Crippen LogP contribution in [0.3, 0.4) is 0 Å². The van der Waals surface area contributed by atoms with E-state index in [0.29, 0.717) is 6.42 Å². The monoisotopic (exact) mass is 311 g/mol. The lowest BCUT2D eigenvalue weighted by atomic mass is 10.0. The van der Waals surface area contributed by atoms with Crippen molar-refractivity contribution in [1.82, 2.24) is 4.90 Å². The fourth-order valence-electron chi connectivity index (χ4n) is 3.01. The maximum absolute atomic E-state index is 10.5. The first-order valence-electron chi connectivity index (χ1n) is 8.59. The standard InChI is InChI=1S/C21H29NO/c1-4-12-22(15-20-13-17(2)10-11-18(20)3)16-21(23)14-19-8-6-5-7-9-19/h5-11,13,21,23H,4,12,14-16H2,1-3H3. The fourth-order valence-corrected chi connectivity index (χ4v) is 3.01. The quantitative estimate of drug-likeness (QED) is 0.793. The number of hydrogen-bond acceptors (Lipinski definition) is 2. The Balaban J connectivity index is 1.99. The number of aliphatic hydroxyl groups excluding tert-OH is 1. The first kappa shape index (κ1) is 17.7. The van der Waals surface area contributed by atoms with Crippen LogP contribution >= 0.6 is 0 Å². The topological polar surface area (TPSA) is 23.5 Å². The molecule has 0 bridgehead atoms. The second-order valence-electron chi connectivity index (χ2n) is 6.51. The summed E-state index contributed by atoms with van der Waals surface area (Å²) >= 11 is 0. The molecule has 0 spiro atoms. The van der Waals surface area contributed by atoms with Crippen LogP contribution in [-0.2, 0) is 13.0 Å². The van der Waals surface area contributed by atoms with Crippen molar-refractivity contribution in [2.75, 3.05) is 13.1 Å². The molecule has 0 radical (unpaired) electrons. The van der Waals surface area contributed by atoms with Crippen LogP contribution in [0.15, 0.2) is 48.5 Å². The molecule has 2 heteroatoms. The average Bonchev–Trinajstić information content (AvgIpc) is 2.52. The zero-order valence-electron chi connectivity index (χ0n) is 14.6. The molecule has 2 aromatic carbocycles. The van der Waals surface area contributed by atoms with Crippen LogP contribution in [-0.4, -0.2) is 29.2 Å². The minimum absolute atomic E-state index is 0.325. The molecule has 0 aliphatic rings. The summed E-state index contributed by atoms with van der Waals surface area (Å²) < 4.78 is 0. The van der Waals surface area contributed by atoms with Gasteiger partial charge in [0.05, 0.1) is 6.10 Å². The van der Waals surface area contributed by atoms with Gasteiger partial charge in [-0.2, -0.15) is 0 Å². The van der Waals surface area contributed by atoms with E-state index in [1.807, 2.05) is 18.2 Å². The first-order chi connectivity index (χ1) is 11.1. The molecule has 0 saturated carbocycles. The van der Waals surface area contributed by atoms with Crippen LogP contribution in [0, 0.1) is 13.8 Å². The molecule has 0 saturated heterocycles. The normalized spacial score (nSPS) is 12.6.